The standard InChI is InChI=1S/C22H19N5/c1-12-4-3-5-18(25-12)20-21(27-13(2)15-11-16(15)22(27)26-20)14-6-7-17-19(10-14)24-9-8-23-17/h3-10,13,15-16H,11H2,1-2H3/t13-,15?,16-/m1/s1. The maximum absolute atomic E-state index is 5.10. The molecule has 0 bridgehead atoms. The molecule has 1 unspecified atom stereocenters. The van der Waals surface area contributed by atoms with Gasteiger partial charge in [0.2, 0.25) is 0 Å². The van der Waals surface area contributed by atoms with Gasteiger partial charge in [-0.2, -0.15) is 0 Å². The van der Waals surface area contributed by atoms with Gasteiger partial charge < -0.3 is 4.57 Å². The molecule has 0 saturated heterocycles. The van der Waals surface area contributed by atoms with Crippen molar-refractivity contribution in [3.05, 3.63) is 60.3 Å². The van der Waals surface area contributed by atoms with E-state index in [0.29, 0.717) is 12.0 Å². The number of hydrogen-bond acceptors (Lipinski definition) is 4. The minimum absolute atomic E-state index is 0.476. The first-order chi connectivity index (χ1) is 13.2. The predicted octanol–water partition coefficient (Wildman–Crippen LogP) is 4.54. The van der Waals surface area contributed by atoms with Crippen LogP contribution in [0.2, 0.25) is 0 Å². The Labute approximate surface area is 157 Å². The van der Waals surface area contributed by atoms with Crippen molar-refractivity contribution in [2.45, 2.75) is 32.2 Å². The number of nitrogens with zero attached hydrogens (tertiary/aromatic N) is 5. The second-order valence-electron chi connectivity index (χ2n) is 7.71. The van der Waals surface area contributed by atoms with E-state index in [1.54, 1.807) is 12.4 Å². The summed E-state index contributed by atoms with van der Waals surface area (Å²) in [7, 11) is 0. The van der Waals surface area contributed by atoms with Gasteiger partial charge in [-0.15, -0.1) is 0 Å². The zero-order valence-electron chi connectivity index (χ0n) is 15.3. The van der Waals surface area contributed by atoms with Crippen molar-refractivity contribution in [1.82, 2.24) is 24.5 Å². The van der Waals surface area contributed by atoms with Gasteiger partial charge in [-0.25, -0.2) is 4.98 Å². The SMILES string of the molecule is Cc1cccc(-c2nc3n(c2-c2ccc4nccnc4c2)[C@H](C)C2C[C@@H]32)n1. The largest absolute Gasteiger partial charge is 0.324 e. The van der Waals surface area contributed by atoms with Crippen LogP contribution in [-0.4, -0.2) is 24.5 Å². The summed E-state index contributed by atoms with van der Waals surface area (Å²) < 4.78 is 2.44. The fraction of sp³-hybridized carbons (Fsp3) is 0.273. The van der Waals surface area contributed by atoms with Crippen LogP contribution in [0.4, 0.5) is 0 Å². The molecule has 1 aliphatic heterocycles. The van der Waals surface area contributed by atoms with Crippen LogP contribution in [0.5, 0.6) is 0 Å². The molecular formula is C22H19N5. The van der Waals surface area contributed by atoms with Crippen LogP contribution in [0.3, 0.4) is 0 Å². The molecule has 0 radical (unpaired) electrons. The van der Waals surface area contributed by atoms with Crippen LogP contribution in [-0.2, 0) is 0 Å². The minimum Gasteiger partial charge on any atom is -0.324 e. The van der Waals surface area contributed by atoms with Gasteiger partial charge in [-0.3, -0.25) is 15.0 Å². The van der Waals surface area contributed by atoms with Gasteiger partial charge in [0.25, 0.3) is 0 Å². The maximum atomic E-state index is 5.10. The number of aromatic nitrogens is 5. The van der Waals surface area contributed by atoms with Crippen LogP contribution >= 0.6 is 0 Å². The molecule has 0 spiro atoms. The highest BCUT2D eigenvalue weighted by Crippen LogP contribution is 2.61. The van der Waals surface area contributed by atoms with Crippen molar-refractivity contribution in [3.8, 4) is 22.6 Å². The molecule has 132 valence electrons. The van der Waals surface area contributed by atoms with Gasteiger partial charge >= 0.3 is 0 Å². The third kappa shape index (κ3) is 2.11. The van der Waals surface area contributed by atoms with E-state index in [1.165, 1.54) is 12.2 Å². The lowest BCUT2D eigenvalue weighted by atomic mass is 10.1. The molecule has 5 nitrogen and oxygen atoms in total. The lowest BCUT2D eigenvalue weighted by molar-refractivity contribution is 0.523. The van der Waals surface area contributed by atoms with Gasteiger partial charge in [0.15, 0.2) is 0 Å². The molecule has 3 aromatic heterocycles. The van der Waals surface area contributed by atoms with Crippen molar-refractivity contribution in [2.75, 3.05) is 0 Å². The van der Waals surface area contributed by atoms with Crippen molar-refractivity contribution >= 4 is 11.0 Å². The molecule has 5 heteroatoms. The zero-order chi connectivity index (χ0) is 18.1. The van der Waals surface area contributed by atoms with Crippen molar-refractivity contribution in [3.63, 3.8) is 0 Å². The zero-order valence-corrected chi connectivity index (χ0v) is 15.3. The maximum Gasteiger partial charge on any atom is 0.115 e. The molecule has 1 aromatic carbocycles. The lowest BCUT2D eigenvalue weighted by Gasteiger charge is -2.16. The molecule has 4 heterocycles. The highest BCUT2D eigenvalue weighted by molar-refractivity contribution is 5.85. The van der Waals surface area contributed by atoms with E-state index in [-0.39, 0.29) is 0 Å². The molecule has 0 amide bonds. The van der Waals surface area contributed by atoms with Gasteiger partial charge in [-0.05, 0) is 50.5 Å². The second-order valence-corrected chi connectivity index (χ2v) is 7.71. The third-order valence-electron chi connectivity index (χ3n) is 6.01. The second kappa shape index (κ2) is 5.22. The molecule has 1 saturated carbocycles. The predicted molar refractivity (Wildman–Crippen MR) is 104 cm³/mol. The molecule has 4 aromatic rings. The molecular weight excluding hydrogens is 334 g/mol. The number of benzene rings is 1. The summed E-state index contributed by atoms with van der Waals surface area (Å²) in [4.78, 5) is 18.8. The summed E-state index contributed by atoms with van der Waals surface area (Å²) in [6.07, 6.45) is 4.74. The average Bonchev–Trinajstić information content (AvgIpc) is 3.31. The first-order valence-electron chi connectivity index (χ1n) is 9.48. The molecule has 2 aliphatic rings. The molecule has 27 heavy (non-hydrogen) atoms. The average molecular weight is 353 g/mol. The van der Waals surface area contributed by atoms with Gasteiger partial charge in [0.1, 0.15) is 11.5 Å². The summed E-state index contributed by atoms with van der Waals surface area (Å²) in [6.45, 7) is 4.35. The van der Waals surface area contributed by atoms with E-state index < -0.39 is 0 Å². The fourth-order valence-electron chi connectivity index (χ4n) is 4.60. The highest BCUT2D eigenvalue weighted by atomic mass is 15.2. The Morgan fingerprint density at radius 1 is 1.00 bits per heavy atom. The van der Waals surface area contributed by atoms with E-state index in [0.717, 1.165) is 45.3 Å². The van der Waals surface area contributed by atoms with E-state index >= 15 is 0 Å². The molecule has 1 fully saturated rings. The number of pyridine rings is 1. The van der Waals surface area contributed by atoms with Gasteiger partial charge in [-0.1, -0.05) is 12.1 Å². The first-order valence-corrected chi connectivity index (χ1v) is 9.48. The summed E-state index contributed by atoms with van der Waals surface area (Å²) in [6, 6.07) is 12.9. The molecule has 1 aliphatic carbocycles. The summed E-state index contributed by atoms with van der Waals surface area (Å²) in [5, 5.41) is 0. The topological polar surface area (TPSA) is 56.5 Å². The van der Waals surface area contributed by atoms with E-state index in [1.807, 2.05) is 19.1 Å². The minimum atomic E-state index is 0.476. The summed E-state index contributed by atoms with van der Waals surface area (Å²) in [5.41, 5.74) is 7.04. The number of fused-ring (bicyclic) bond motifs is 4. The van der Waals surface area contributed by atoms with E-state index in [9.17, 15) is 0 Å². The monoisotopic (exact) mass is 353 g/mol. The first kappa shape index (κ1) is 15.0. The van der Waals surface area contributed by atoms with Crippen LogP contribution < -0.4 is 0 Å². The normalized spacial score (nSPS) is 22.7. The van der Waals surface area contributed by atoms with Crippen LogP contribution in [0.25, 0.3) is 33.7 Å². The van der Waals surface area contributed by atoms with Crippen LogP contribution in [0, 0.1) is 12.8 Å². The van der Waals surface area contributed by atoms with Gasteiger partial charge in [0, 0.05) is 35.6 Å². The molecule has 3 atom stereocenters. The lowest BCUT2D eigenvalue weighted by Crippen LogP contribution is -2.06. The Balaban J connectivity index is 1.63. The third-order valence-corrected chi connectivity index (χ3v) is 6.01. The Kier molecular flexibility index (Phi) is 2.91. The van der Waals surface area contributed by atoms with Crippen molar-refractivity contribution in [2.24, 2.45) is 5.92 Å². The Morgan fingerprint density at radius 2 is 1.85 bits per heavy atom. The number of rotatable bonds is 2. The Bertz CT molecular complexity index is 1210. The van der Waals surface area contributed by atoms with Crippen molar-refractivity contribution < 1.29 is 0 Å². The summed E-state index contributed by atoms with van der Waals surface area (Å²) in [5.74, 6) is 2.57. The molecule has 6 rings (SSSR count). The van der Waals surface area contributed by atoms with Crippen LogP contribution in [0.15, 0.2) is 48.8 Å². The highest BCUT2D eigenvalue weighted by Gasteiger charge is 2.53. The van der Waals surface area contributed by atoms with Crippen LogP contribution in [0.1, 0.15) is 36.8 Å². The molecule has 0 N–H and O–H groups in total. The fourth-order valence-corrected chi connectivity index (χ4v) is 4.60. The van der Waals surface area contributed by atoms with E-state index in [4.69, 9.17) is 9.97 Å². The quantitative estimate of drug-likeness (QED) is 0.531. The number of aryl methyl sites for hydroxylation is 1. The number of hydrogen-bond donors (Lipinski definition) is 0. The van der Waals surface area contributed by atoms with Gasteiger partial charge in [0.05, 0.1) is 22.4 Å². The van der Waals surface area contributed by atoms with E-state index in [2.05, 4.69) is 45.7 Å². The Hall–Kier alpha value is -3.08. The number of imidazole rings is 1. The van der Waals surface area contributed by atoms with Crippen molar-refractivity contribution in [1.29, 1.82) is 0 Å². The Morgan fingerprint density at radius 3 is 2.70 bits per heavy atom. The smallest absolute Gasteiger partial charge is 0.115 e. The summed E-state index contributed by atoms with van der Waals surface area (Å²) >= 11 is 0.